The molecule has 0 amide bonds. The molecule has 0 saturated heterocycles. The summed E-state index contributed by atoms with van der Waals surface area (Å²) in [6.07, 6.45) is 3.68. The largest absolute Gasteiger partial charge is 0.305 e. The summed E-state index contributed by atoms with van der Waals surface area (Å²) in [6.45, 7) is 7.10. The van der Waals surface area contributed by atoms with Crippen LogP contribution in [0.1, 0.15) is 34.1 Å². The molecule has 2 heterocycles. The number of pyridine rings is 1. The number of thiazole rings is 1. The Kier molecular flexibility index (Phi) is 4.48. The van der Waals surface area contributed by atoms with Crippen LogP contribution in [0.5, 0.6) is 0 Å². The fourth-order valence-electron chi connectivity index (χ4n) is 1.86. The number of aromatic nitrogens is 2. The number of hydrogen-bond donors (Lipinski definition) is 1. The first-order chi connectivity index (χ1) is 8.56. The highest BCUT2D eigenvalue weighted by atomic mass is 79.9. The molecule has 2 rings (SSSR count). The van der Waals surface area contributed by atoms with Gasteiger partial charge in [-0.05, 0) is 48.3 Å². The number of nitrogens with one attached hydrogen (secondary N) is 1. The van der Waals surface area contributed by atoms with Crippen LogP contribution in [-0.2, 0) is 6.54 Å². The van der Waals surface area contributed by atoms with Gasteiger partial charge in [0.15, 0.2) is 0 Å². The minimum Gasteiger partial charge on any atom is -0.305 e. The summed E-state index contributed by atoms with van der Waals surface area (Å²) in [5, 5.41) is 4.63. The Morgan fingerprint density at radius 2 is 2.17 bits per heavy atom. The summed E-state index contributed by atoms with van der Waals surface area (Å²) in [5.74, 6) is 0. The third kappa shape index (κ3) is 3.37. The normalized spacial score (nSPS) is 12.7. The van der Waals surface area contributed by atoms with Gasteiger partial charge in [0.1, 0.15) is 0 Å². The lowest BCUT2D eigenvalue weighted by Gasteiger charge is -2.12. The Labute approximate surface area is 120 Å². The van der Waals surface area contributed by atoms with Gasteiger partial charge in [0.25, 0.3) is 0 Å². The van der Waals surface area contributed by atoms with Crippen molar-refractivity contribution in [2.45, 2.75) is 33.4 Å². The van der Waals surface area contributed by atoms with Gasteiger partial charge in [0, 0.05) is 34.3 Å². The van der Waals surface area contributed by atoms with E-state index in [2.05, 4.69) is 51.1 Å². The van der Waals surface area contributed by atoms with Crippen molar-refractivity contribution in [3.05, 3.63) is 44.1 Å². The molecule has 1 atom stereocenters. The van der Waals surface area contributed by atoms with Crippen LogP contribution in [0.15, 0.2) is 22.9 Å². The summed E-state index contributed by atoms with van der Waals surface area (Å²) in [7, 11) is 0. The van der Waals surface area contributed by atoms with Crippen LogP contribution in [0.4, 0.5) is 0 Å². The van der Waals surface area contributed by atoms with Crippen LogP contribution < -0.4 is 5.32 Å². The van der Waals surface area contributed by atoms with Crippen LogP contribution in [0, 0.1) is 13.8 Å². The number of halogens is 1. The molecule has 0 radical (unpaired) electrons. The summed E-state index contributed by atoms with van der Waals surface area (Å²) >= 11 is 5.19. The molecule has 1 unspecified atom stereocenters. The zero-order chi connectivity index (χ0) is 13.1. The molecule has 5 heteroatoms. The second-order valence-corrected chi connectivity index (χ2v) is 6.45. The average molecular weight is 326 g/mol. The van der Waals surface area contributed by atoms with Crippen LogP contribution >= 0.6 is 27.3 Å². The number of rotatable bonds is 4. The van der Waals surface area contributed by atoms with E-state index in [1.165, 1.54) is 10.4 Å². The van der Waals surface area contributed by atoms with E-state index in [1.807, 2.05) is 13.1 Å². The Bertz CT molecular complexity index is 539. The predicted octanol–water partition coefficient (Wildman–Crippen LogP) is 3.77. The monoisotopic (exact) mass is 325 g/mol. The van der Waals surface area contributed by atoms with Crippen LogP contribution in [-0.4, -0.2) is 9.97 Å². The standard InChI is InChI=1S/C13H16BrN3S/c1-8(13-9(2)17-10(3)18-13)16-6-11-4-12(14)7-15-5-11/h4-5,7-8,16H,6H2,1-3H3. The van der Waals surface area contributed by atoms with Crippen molar-refractivity contribution in [3.63, 3.8) is 0 Å². The van der Waals surface area contributed by atoms with Crippen LogP contribution in [0.25, 0.3) is 0 Å². The molecule has 2 aromatic rings. The van der Waals surface area contributed by atoms with Crippen molar-refractivity contribution in [3.8, 4) is 0 Å². The predicted molar refractivity (Wildman–Crippen MR) is 78.8 cm³/mol. The molecular formula is C13H16BrN3S. The molecule has 3 nitrogen and oxygen atoms in total. The highest BCUT2D eigenvalue weighted by Crippen LogP contribution is 2.24. The van der Waals surface area contributed by atoms with Crippen molar-refractivity contribution in [1.82, 2.24) is 15.3 Å². The van der Waals surface area contributed by atoms with Crippen molar-refractivity contribution in [1.29, 1.82) is 0 Å². The lowest BCUT2D eigenvalue weighted by Crippen LogP contribution is -2.18. The maximum absolute atomic E-state index is 4.46. The molecule has 0 bridgehead atoms. The highest BCUT2D eigenvalue weighted by molar-refractivity contribution is 9.10. The molecule has 0 aliphatic rings. The fourth-order valence-corrected chi connectivity index (χ4v) is 3.23. The van der Waals surface area contributed by atoms with E-state index in [0.29, 0.717) is 6.04 Å². The minimum atomic E-state index is 0.315. The van der Waals surface area contributed by atoms with E-state index < -0.39 is 0 Å². The van der Waals surface area contributed by atoms with E-state index in [1.54, 1.807) is 17.5 Å². The third-order valence-corrected chi connectivity index (χ3v) is 4.40. The first-order valence-corrected chi connectivity index (χ1v) is 7.44. The fraction of sp³-hybridized carbons (Fsp3) is 0.385. The third-order valence-electron chi connectivity index (χ3n) is 2.71. The summed E-state index contributed by atoms with van der Waals surface area (Å²) in [4.78, 5) is 9.94. The van der Waals surface area contributed by atoms with Gasteiger partial charge in [-0.15, -0.1) is 11.3 Å². The van der Waals surface area contributed by atoms with Crippen molar-refractivity contribution < 1.29 is 0 Å². The quantitative estimate of drug-likeness (QED) is 0.929. The second kappa shape index (κ2) is 5.91. The second-order valence-electron chi connectivity index (χ2n) is 4.30. The Morgan fingerprint density at radius 3 is 2.78 bits per heavy atom. The molecule has 0 aliphatic heterocycles. The van der Waals surface area contributed by atoms with E-state index in [4.69, 9.17) is 0 Å². The van der Waals surface area contributed by atoms with Gasteiger partial charge < -0.3 is 5.32 Å². The Hall–Kier alpha value is -0.780. The lowest BCUT2D eigenvalue weighted by molar-refractivity contribution is 0.578. The smallest absolute Gasteiger partial charge is 0.0900 e. The summed E-state index contributed by atoms with van der Waals surface area (Å²) in [6, 6.07) is 2.40. The van der Waals surface area contributed by atoms with Gasteiger partial charge in [-0.3, -0.25) is 4.98 Å². The summed E-state index contributed by atoms with van der Waals surface area (Å²) in [5.41, 5.74) is 2.31. The molecule has 0 aromatic carbocycles. The van der Waals surface area contributed by atoms with Crippen LogP contribution in [0.2, 0.25) is 0 Å². The molecule has 0 fully saturated rings. The molecule has 18 heavy (non-hydrogen) atoms. The van der Waals surface area contributed by atoms with E-state index in [0.717, 1.165) is 21.7 Å². The van der Waals surface area contributed by atoms with Gasteiger partial charge in [0.05, 0.1) is 10.7 Å². The van der Waals surface area contributed by atoms with Gasteiger partial charge in [-0.1, -0.05) is 0 Å². The maximum atomic E-state index is 4.46. The van der Waals surface area contributed by atoms with E-state index in [-0.39, 0.29) is 0 Å². The van der Waals surface area contributed by atoms with Gasteiger partial charge in [0.2, 0.25) is 0 Å². The molecule has 96 valence electrons. The molecular weight excluding hydrogens is 310 g/mol. The van der Waals surface area contributed by atoms with Gasteiger partial charge in [-0.2, -0.15) is 0 Å². The Balaban J connectivity index is 2.00. The Morgan fingerprint density at radius 1 is 1.39 bits per heavy atom. The maximum Gasteiger partial charge on any atom is 0.0900 e. The summed E-state index contributed by atoms with van der Waals surface area (Å²) < 4.78 is 1.01. The van der Waals surface area contributed by atoms with Crippen molar-refractivity contribution in [2.24, 2.45) is 0 Å². The zero-order valence-electron chi connectivity index (χ0n) is 10.7. The zero-order valence-corrected chi connectivity index (χ0v) is 13.1. The number of hydrogen-bond acceptors (Lipinski definition) is 4. The molecule has 0 spiro atoms. The van der Waals surface area contributed by atoms with Gasteiger partial charge in [-0.25, -0.2) is 4.98 Å². The van der Waals surface area contributed by atoms with Crippen molar-refractivity contribution in [2.75, 3.05) is 0 Å². The topological polar surface area (TPSA) is 37.8 Å². The highest BCUT2D eigenvalue weighted by Gasteiger charge is 2.12. The SMILES string of the molecule is Cc1nc(C)c(C(C)NCc2cncc(Br)c2)s1. The first-order valence-electron chi connectivity index (χ1n) is 5.83. The molecule has 2 aromatic heterocycles. The van der Waals surface area contributed by atoms with E-state index in [9.17, 15) is 0 Å². The number of nitrogens with zero attached hydrogens (tertiary/aromatic N) is 2. The van der Waals surface area contributed by atoms with E-state index >= 15 is 0 Å². The molecule has 0 aliphatic carbocycles. The first kappa shape index (κ1) is 13.6. The lowest BCUT2D eigenvalue weighted by atomic mass is 10.2. The molecule has 0 saturated carbocycles. The van der Waals surface area contributed by atoms with Crippen LogP contribution in [0.3, 0.4) is 0 Å². The molecule has 1 N–H and O–H groups in total. The number of aryl methyl sites for hydroxylation is 2. The van der Waals surface area contributed by atoms with Crippen molar-refractivity contribution >= 4 is 27.3 Å². The average Bonchev–Trinajstić information content (AvgIpc) is 2.66. The van der Waals surface area contributed by atoms with Gasteiger partial charge >= 0.3 is 0 Å². The minimum absolute atomic E-state index is 0.315.